The third kappa shape index (κ3) is 3.58. The average molecular weight is 465 g/mol. The van der Waals surface area contributed by atoms with Gasteiger partial charge < -0.3 is 24.8 Å². The Morgan fingerprint density at radius 3 is 2.53 bits per heavy atom. The van der Waals surface area contributed by atoms with Crippen LogP contribution in [0.25, 0.3) is 0 Å². The molecule has 0 spiro atoms. The monoisotopic (exact) mass is 464 g/mol. The summed E-state index contributed by atoms with van der Waals surface area (Å²) in [4.78, 5) is 27.5. The number of carboxylic acid groups (broad SMARTS) is 1. The number of nitrogens with zero attached hydrogens (tertiary/aromatic N) is 1. The van der Waals surface area contributed by atoms with Gasteiger partial charge in [0, 0.05) is 30.5 Å². The van der Waals surface area contributed by atoms with Crippen LogP contribution in [0.4, 0.5) is 5.69 Å². The molecule has 1 saturated carbocycles. The van der Waals surface area contributed by atoms with E-state index >= 15 is 0 Å². The van der Waals surface area contributed by atoms with Gasteiger partial charge in [0.15, 0.2) is 11.5 Å². The molecule has 2 aromatic rings. The molecule has 5 rings (SSSR count). The lowest BCUT2D eigenvalue weighted by molar-refractivity contribution is -0.137. The van der Waals surface area contributed by atoms with Crippen molar-refractivity contribution in [1.29, 1.82) is 0 Å². The minimum Gasteiger partial charge on any atom is -0.481 e. The smallest absolute Gasteiger partial charge is 0.303 e. The number of para-hydroxylation sites is 1. The number of nitrogens with one attached hydrogen (secondary N) is 1. The molecule has 34 heavy (non-hydrogen) atoms. The van der Waals surface area contributed by atoms with Gasteiger partial charge in [-0.3, -0.25) is 9.59 Å². The van der Waals surface area contributed by atoms with Crippen molar-refractivity contribution in [3.05, 3.63) is 53.6 Å². The Kier molecular flexibility index (Phi) is 5.26. The Hall–Kier alpha value is -3.22. The number of anilines is 1. The second-order valence-electron chi connectivity index (χ2n) is 10.7. The van der Waals surface area contributed by atoms with Gasteiger partial charge in [0.05, 0.1) is 5.41 Å². The molecule has 0 saturated heterocycles. The second-order valence-corrected chi connectivity index (χ2v) is 10.7. The number of rotatable bonds is 7. The fourth-order valence-corrected chi connectivity index (χ4v) is 5.44. The van der Waals surface area contributed by atoms with E-state index in [1.165, 1.54) is 5.56 Å². The highest BCUT2D eigenvalue weighted by atomic mass is 16.7. The second kappa shape index (κ2) is 7.93. The highest BCUT2D eigenvalue weighted by Crippen LogP contribution is 2.53. The molecule has 0 aromatic heterocycles. The molecule has 2 aromatic carbocycles. The van der Waals surface area contributed by atoms with Crippen molar-refractivity contribution < 1.29 is 24.2 Å². The van der Waals surface area contributed by atoms with E-state index < -0.39 is 17.0 Å². The van der Waals surface area contributed by atoms with Crippen molar-refractivity contribution in [3.8, 4) is 11.5 Å². The summed E-state index contributed by atoms with van der Waals surface area (Å²) in [6, 6.07) is 14.0. The van der Waals surface area contributed by atoms with Crippen molar-refractivity contribution in [2.45, 2.75) is 64.0 Å². The SMILES string of the molecule is CC(C)(C)C1(NC(=O)C2(c3ccc4c(c3)OCO4)CC2)Cc2ccccc2N1CCCC(=O)O. The molecule has 0 bridgehead atoms. The van der Waals surface area contributed by atoms with Crippen LogP contribution in [0.1, 0.15) is 57.6 Å². The van der Waals surface area contributed by atoms with E-state index in [-0.39, 0.29) is 24.5 Å². The topological polar surface area (TPSA) is 88.1 Å². The predicted octanol–water partition coefficient (Wildman–Crippen LogP) is 4.23. The van der Waals surface area contributed by atoms with E-state index in [9.17, 15) is 14.7 Å². The molecule has 7 nitrogen and oxygen atoms in total. The molecule has 180 valence electrons. The maximum Gasteiger partial charge on any atom is 0.303 e. The molecule has 3 aliphatic rings. The van der Waals surface area contributed by atoms with Gasteiger partial charge in [-0.2, -0.15) is 0 Å². The van der Waals surface area contributed by atoms with Crippen LogP contribution in [0.15, 0.2) is 42.5 Å². The van der Waals surface area contributed by atoms with Crippen molar-refractivity contribution in [3.63, 3.8) is 0 Å². The van der Waals surface area contributed by atoms with E-state index in [1.807, 2.05) is 30.3 Å². The lowest BCUT2D eigenvalue weighted by Gasteiger charge is -2.50. The van der Waals surface area contributed by atoms with Gasteiger partial charge in [0.2, 0.25) is 12.7 Å². The molecule has 1 atom stereocenters. The number of benzene rings is 2. The lowest BCUT2D eigenvalue weighted by Crippen LogP contribution is -2.68. The molecular weight excluding hydrogens is 432 g/mol. The fraction of sp³-hybridized carbons (Fsp3) is 0.481. The summed E-state index contributed by atoms with van der Waals surface area (Å²) in [5.41, 5.74) is 1.62. The Morgan fingerprint density at radius 1 is 1.09 bits per heavy atom. The van der Waals surface area contributed by atoms with Crippen molar-refractivity contribution in [2.24, 2.45) is 5.41 Å². The third-order valence-electron chi connectivity index (χ3n) is 7.63. The summed E-state index contributed by atoms with van der Waals surface area (Å²) in [5.74, 6) is 0.600. The summed E-state index contributed by atoms with van der Waals surface area (Å²) < 4.78 is 11.0. The van der Waals surface area contributed by atoms with Crippen LogP contribution in [0, 0.1) is 5.41 Å². The minimum absolute atomic E-state index is 0.0114. The zero-order valence-corrected chi connectivity index (χ0v) is 20.0. The Morgan fingerprint density at radius 2 is 1.82 bits per heavy atom. The number of ether oxygens (including phenoxy) is 2. The lowest BCUT2D eigenvalue weighted by atomic mass is 9.76. The van der Waals surface area contributed by atoms with Gasteiger partial charge in [0.1, 0.15) is 5.66 Å². The Labute approximate surface area is 200 Å². The Balaban J connectivity index is 1.48. The summed E-state index contributed by atoms with van der Waals surface area (Å²) >= 11 is 0. The number of hydrogen-bond donors (Lipinski definition) is 2. The summed E-state index contributed by atoms with van der Waals surface area (Å²) in [7, 11) is 0. The normalized spacial score (nSPS) is 21.8. The van der Waals surface area contributed by atoms with Gasteiger partial charge >= 0.3 is 5.97 Å². The van der Waals surface area contributed by atoms with E-state index in [0.29, 0.717) is 30.9 Å². The fourth-order valence-electron chi connectivity index (χ4n) is 5.44. The molecule has 1 unspecified atom stereocenters. The number of amides is 1. The van der Waals surface area contributed by atoms with Crippen LogP contribution in [0.5, 0.6) is 11.5 Å². The van der Waals surface area contributed by atoms with E-state index in [2.05, 4.69) is 43.1 Å². The molecule has 2 N–H and O–H groups in total. The largest absolute Gasteiger partial charge is 0.481 e. The van der Waals surface area contributed by atoms with Gasteiger partial charge in [-0.05, 0) is 48.6 Å². The first-order valence-corrected chi connectivity index (χ1v) is 12.0. The molecule has 2 aliphatic heterocycles. The third-order valence-corrected chi connectivity index (χ3v) is 7.63. The molecular formula is C27H32N2O5. The van der Waals surface area contributed by atoms with Crippen LogP contribution in [-0.2, 0) is 21.4 Å². The zero-order valence-electron chi connectivity index (χ0n) is 20.0. The molecule has 1 aliphatic carbocycles. The first kappa shape index (κ1) is 22.6. The average Bonchev–Trinajstić information content (AvgIpc) is 3.35. The van der Waals surface area contributed by atoms with Gasteiger partial charge in [0.25, 0.3) is 0 Å². The summed E-state index contributed by atoms with van der Waals surface area (Å²) in [6.07, 6.45) is 2.83. The summed E-state index contributed by atoms with van der Waals surface area (Å²) in [6.45, 7) is 7.18. The van der Waals surface area contributed by atoms with Crippen LogP contribution in [-0.4, -0.2) is 36.0 Å². The molecule has 2 heterocycles. The zero-order chi connectivity index (χ0) is 24.1. The first-order valence-electron chi connectivity index (χ1n) is 12.0. The minimum atomic E-state index is -0.808. The highest BCUT2D eigenvalue weighted by Gasteiger charge is 2.58. The number of carboxylic acids is 1. The van der Waals surface area contributed by atoms with E-state index in [4.69, 9.17) is 9.47 Å². The van der Waals surface area contributed by atoms with Crippen molar-refractivity contribution >= 4 is 17.6 Å². The maximum absolute atomic E-state index is 14.0. The molecule has 0 radical (unpaired) electrons. The van der Waals surface area contributed by atoms with Gasteiger partial charge in [-0.25, -0.2) is 0 Å². The predicted molar refractivity (Wildman–Crippen MR) is 128 cm³/mol. The van der Waals surface area contributed by atoms with Crippen LogP contribution in [0.2, 0.25) is 0 Å². The quantitative estimate of drug-likeness (QED) is 0.638. The number of fused-ring (bicyclic) bond motifs is 2. The number of aliphatic carboxylic acids is 1. The van der Waals surface area contributed by atoms with Crippen molar-refractivity contribution in [2.75, 3.05) is 18.2 Å². The number of carbonyl (C=O) groups is 2. The number of hydrogen-bond acceptors (Lipinski definition) is 5. The summed E-state index contributed by atoms with van der Waals surface area (Å²) in [5, 5.41) is 12.7. The maximum atomic E-state index is 14.0. The highest BCUT2D eigenvalue weighted by molar-refractivity contribution is 5.92. The number of carbonyl (C=O) groups excluding carboxylic acids is 1. The first-order chi connectivity index (χ1) is 16.2. The van der Waals surface area contributed by atoms with Crippen LogP contribution in [0.3, 0.4) is 0 Å². The van der Waals surface area contributed by atoms with Crippen LogP contribution >= 0.6 is 0 Å². The molecule has 1 fully saturated rings. The van der Waals surface area contributed by atoms with Gasteiger partial charge in [-0.1, -0.05) is 45.0 Å². The molecule has 1 amide bonds. The van der Waals surface area contributed by atoms with Gasteiger partial charge in [-0.15, -0.1) is 0 Å². The van der Waals surface area contributed by atoms with E-state index in [0.717, 1.165) is 24.1 Å². The molecule has 7 heteroatoms. The Bertz CT molecular complexity index is 1130. The van der Waals surface area contributed by atoms with Crippen LogP contribution < -0.4 is 19.7 Å². The van der Waals surface area contributed by atoms with E-state index in [1.54, 1.807) is 0 Å². The van der Waals surface area contributed by atoms with Crippen molar-refractivity contribution in [1.82, 2.24) is 5.32 Å². The standard InChI is InChI=1S/C27H32N2O5/c1-25(2,3)27(16-18-7-4-5-8-20(18)29(27)14-6-9-23(30)31)28-24(32)26(12-13-26)19-10-11-21-22(15-19)34-17-33-21/h4-5,7-8,10-11,15H,6,9,12-14,16-17H2,1-3H3,(H,28,32)(H,30,31).